The Morgan fingerprint density at radius 1 is 1.29 bits per heavy atom. The maximum Gasteiger partial charge on any atom is 0.150 e. The molecular weight excluding hydrogens is 198 g/mol. The van der Waals surface area contributed by atoms with Crippen LogP contribution < -0.4 is 5.32 Å². The second kappa shape index (κ2) is 7.23. The van der Waals surface area contributed by atoms with E-state index in [9.17, 15) is 8.42 Å². The molecule has 0 bridgehead atoms. The van der Waals surface area contributed by atoms with Crippen molar-refractivity contribution >= 4 is 9.84 Å². The first-order valence-corrected chi connectivity index (χ1v) is 7.25. The second-order valence-corrected chi connectivity index (χ2v) is 6.28. The van der Waals surface area contributed by atoms with Gasteiger partial charge in [-0.1, -0.05) is 27.2 Å². The minimum atomic E-state index is -2.77. The number of hydrogen-bond acceptors (Lipinski definition) is 3. The maximum absolute atomic E-state index is 11.1. The summed E-state index contributed by atoms with van der Waals surface area (Å²) in [7, 11) is -2.77. The topological polar surface area (TPSA) is 46.2 Å². The summed E-state index contributed by atoms with van der Waals surface area (Å²) in [4.78, 5) is 0. The van der Waals surface area contributed by atoms with Crippen molar-refractivity contribution in [2.45, 2.75) is 33.6 Å². The molecule has 0 saturated heterocycles. The normalized spacial score (nSPS) is 14.2. The van der Waals surface area contributed by atoms with Crippen LogP contribution in [-0.2, 0) is 9.84 Å². The molecule has 14 heavy (non-hydrogen) atoms. The molecule has 0 aromatic carbocycles. The lowest BCUT2D eigenvalue weighted by atomic mass is 10.1. The Hall–Kier alpha value is -0.0900. The molecule has 0 amide bonds. The zero-order valence-corrected chi connectivity index (χ0v) is 10.4. The predicted molar refractivity (Wildman–Crippen MR) is 61.3 cm³/mol. The van der Waals surface area contributed by atoms with Crippen molar-refractivity contribution in [3.05, 3.63) is 0 Å². The number of nitrogens with one attached hydrogen (secondary N) is 1. The van der Waals surface area contributed by atoms with Crippen molar-refractivity contribution in [3.63, 3.8) is 0 Å². The molecule has 1 N–H and O–H groups in total. The van der Waals surface area contributed by atoms with Crippen molar-refractivity contribution < 1.29 is 8.42 Å². The first-order chi connectivity index (χ1) is 6.52. The summed E-state index contributed by atoms with van der Waals surface area (Å²) < 4.78 is 22.2. The van der Waals surface area contributed by atoms with Crippen LogP contribution in [-0.4, -0.2) is 33.0 Å². The fourth-order valence-corrected chi connectivity index (χ4v) is 1.93. The molecule has 0 saturated carbocycles. The van der Waals surface area contributed by atoms with Crippen molar-refractivity contribution in [1.29, 1.82) is 0 Å². The fraction of sp³-hybridized carbons (Fsp3) is 1.00. The van der Waals surface area contributed by atoms with Gasteiger partial charge in [0.15, 0.2) is 0 Å². The van der Waals surface area contributed by atoms with Crippen LogP contribution in [0.1, 0.15) is 33.6 Å². The smallest absolute Gasteiger partial charge is 0.150 e. The highest BCUT2D eigenvalue weighted by molar-refractivity contribution is 7.91. The summed E-state index contributed by atoms with van der Waals surface area (Å²) in [5.74, 6) is 1.26. The van der Waals surface area contributed by atoms with Gasteiger partial charge in [-0.25, -0.2) is 8.42 Å². The molecule has 0 aliphatic carbocycles. The zero-order valence-electron chi connectivity index (χ0n) is 9.54. The Labute approximate surface area is 88.2 Å². The highest BCUT2D eigenvalue weighted by Gasteiger charge is 2.06. The molecule has 4 heteroatoms. The van der Waals surface area contributed by atoms with Crippen LogP contribution >= 0.6 is 0 Å². The summed E-state index contributed by atoms with van der Waals surface area (Å²) in [5, 5.41) is 3.27. The summed E-state index contributed by atoms with van der Waals surface area (Å²) >= 11 is 0. The van der Waals surface area contributed by atoms with E-state index < -0.39 is 9.84 Å². The monoisotopic (exact) mass is 221 g/mol. The van der Waals surface area contributed by atoms with Gasteiger partial charge in [-0.2, -0.15) is 0 Å². The third-order valence-corrected chi connectivity index (χ3v) is 4.23. The highest BCUT2D eigenvalue weighted by Crippen LogP contribution is 1.97. The lowest BCUT2D eigenvalue weighted by Crippen LogP contribution is -2.23. The van der Waals surface area contributed by atoms with Gasteiger partial charge in [-0.3, -0.25) is 0 Å². The number of rotatable bonds is 8. The summed E-state index contributed by atoms with van der Waals surface area (Å²) in [6, 6.07) is 0. The third kappa shape index (κ3) is 7.33. The van der Waals surface area contributed by atoms with Gasteiger partial charge in [0, 0.05) is 5.75 Å². The van der Waals surface area contributed by atoms with E-state index in [1.807, 2.05) is 0 Å². The van der Waals surface area contributed by atoms with E-state index in [0.717, 1.165) is 19.5 Å². The van der Waals surface area contributed by atoms with E-state index in [0.29, 0.717) is 11.7 Å². The van der Waals surface area contributed by atoms with Gasteiger partial charge in [0.05, 0.1) is 5.75 Å². The molecule has 86 valence electrons. The summed E-state index contributed by atoms with van der Waals surface area (Å²) in [6.45, 7) is 7.85. The first-order valence-electron chi connectivity index (χ1n) is 5.43. The molecule has 3 nitrogen and oxygen atoms in total. The van der Waals surface area contributed by atoms with Crippen LogP contribution in [0.3, 0.4) is 0 Å². The third-order valence-electron chi connectivity index (χ3n) is 2.44. The molecule has 0 aromatic heterocycles. The van der Waals surface area contributed by atoms with Gasteiger partial charge in [-0.05, 0) is 25.4 Å². The van der Waals surface area contributed by atoms with Gasteiger partial charge >= 0.3 is 0 Å². The molecule has 0 aromatic rings. The number of hydrogen-bond donors (Lipinski definition) is 1. The molecule has 0 radical (unpaired) electrons. The van der Waals surface area contributed by atoms with Crippen molar-refractivity contribution in [3.8, 4) is 0 Å². The minimum Gasteiger partial charge on any atom is -0.316 e. The van der Waals surface area contributed by atoms with Crippen LogP contribution in [0.5, 0.6) is 0 Å². The SMILES string of the molecule is CCC(C)CNCCCS(=O)(=O)CC. The van der Waals surface area contributed by atoms with Crippen LogP contribution in [0.2, 0.25) is 0 Å². The molecule has 0 aliphatic rings. The predicted octanol–water partition coefficient (Wildman–Crippen LogP) is 1.45. The molecule has 0 rings (SSSR count). The van der Waals surface area contributed by atoms with Gasteiger partial charge < -0.3 is 5.32 Å². The average molecular weight is 221 g/mol. The van der Waals surface area contributed by atoms with Crippen molar-refractivity contribution in [2.24, 2.45) is 5.92 Å². The van der Waals surface area contributed by atoms with Crippen LogP contribution in [0, 0.1) is 5.92 Å². The van der Waals surface area contributed by atoms with E-state index in [-0.39, 0.29) is 5.75 Å². The van der Waals surface area contributed by atoms with Crippen molar-refractivity contribution in [1.82, 2.24) is 5.32 Å². The van der Waals surface area contributed by atoms with Gasteiger partial charge in [0.25, 0.3) is 0 Å². The van der Waals surface area contributed by atoms with E-state index in [4.69, 9.17) is 0 Å². The van der Waals surface area contributed by atoms with E-state index in [1.165, 1.54) is 6.42 Å². The molecule has 1 atom stereocenters. The van der Waals surface area contributed by atoms with E-state index in [2.05, 4.69) is 19.2 Å². The minimum absolute atomic E-state index is 0.262. The molecule has 0 fully saturated rings. The Bertz CT molecular complexity index is 224. The van der Waals surface area contributed by atoms with Crippen LogP contribution in [0.4, 0.5) is 0 Å². The molecular formula is C10H23NO2S. The lowest BCUT2D eigenvalue weighted by molar-refractivity contribution is 0.499. The largest absolute Gasteiger partial charge is 0.316 e. The van der Waals surface area contributed by atoms with E-state index >= 15 is 0 Å². The van der Waals surface area contributed by atoms with Gasteiger partial charge in [-0.15, -0.1) is 0 Å². The standard InChI is InChI=1S/C10H23NO2S/c1-4-10(3)9-11-7-6-8-14(12,13)5-2/h10-11H,4-9H2,1-3H3. The molecule has 1 unspecified atom stereocenters. The van der Waals surface area contributed by atoms with Gasteiger partial charge in [0.2, 0.25) is 0 Å². The average Bonchev–Trinajstić information content (AvgIpc) is 2.17. The summed E-state index contributed by atoms with van der Waals surface area (Å²) in [5.41, 5.74) is 0. The quantitative estimate of drug-likeness (QED) is 0.631. The second-order valence-electron chi connectivity index (χ2n) is 3.81. The summed E-state index contributed by atoms with van der Waals surface area (Å²) in [6.07, 6.45) is 1.90. The van der Waals surface area contributed by atoms with Crippen LogP contribution in [0.15, 0.2) is 0 Å². The Balaban J connectivity index is 3.39. The fourth-order valence-electron chi connectivity index (χ4n) is 1.05. The molecule has 0 heterocycles. The maximum atomic E-state index is 11.1. The van der Waals surface area contributed by atoms with E-state index in [1.54, 1.807) is 6.92 Å². The highest BCUT2D eigenvalue weighted by atomic mass is 32.2. The Morgan fingerprint density at radius 2 is 1.93 bits per heavy atom. The Morgan fingerprint density at radius 3 is 2.43 bits per heavy atom. The molecule has 0 spiro atoms. The number of sulfone groups is 1. The van der Waals surface area contributed by atoms with Crippen molar-refractivity contribution in [2.75, 3.05) is 24.6 Å². The zero-order chi connectivity index (χ0) is 11.0. The lowest BCUT2D eigenvalue weighted by Gasteiger charge is -2.09. The Kier molecular flexibility index (Phi) is 7.19. The van der Waals surface area contributed by atoms with Crippen LogP contribution in [0.25, 0.3) is 0 Å². The first kappa shape index (κ1) is 13.9. The van der Waals surface area contributed by atoms with Gasteiger partial charge in [0.1, 0.15) is 9.84 Å². The molecule has 0 aliphatic heterocycles.